The zero-order chi connectivity index (χ0) is 13.9. The lowest BCUT2D eigenvalue weighted by Gasteiger charge is -2.06. The zero-order valence-electron chi connectivity index (χ0n) is 12.0. The van der Waals surface area contributed by atoms with Crippen LogP contribution in [0.3, 0.4) is 0 Å². The van der Waals surface area contributed by atoms with Gasteiger partial charge >= 0.3 is 0 Å². The largest absolute Gasteiger partial charge is 0.497 e. The van der Waals surface area contributed by atoms with Gasteiger partial charge in [0.15, 0.2) is 0 Å². The third kappa shape index (κ3) is 8.30. The van der Waals surface area contributed by atoms with Crippen molar-refractivity contribution in [2.75, 3.05) is 32.5 Å². The van der Waals surface area contributed by atoms with Crippen LogP contribution in [0, 0.1) is 0 Å². The fourth-order valence-corrected chi connectivity index (χ4v) is 2.26. The number of ether oxygens (including phenoxy) is 1. The number of carbonyl (C=O) groups excluding carboxylic acids is 1. The second-order valence-electron chi connectivity index (χ2n) is 4.07. The smallest absolute Gasteiger partial charge is 0.230 e. The first kappa shape index (κ1) is 19.1. The maximum atomic E-state index is 11.6. The van der Waals surface area contributed by atoms with Crippen molar-refractivity contribution in [3.05, 3.63) is 24.3 Å². The van der Waals surface area contributed by atoms with E-state index in [1.54, 1.807) is 7.11 Å². The second-order valence-corrected chi connectivity index (χ2v) is 5.12. The first-order chi connectivity index (χ1) is 9.26. The van der Waals surface area contributed by atoms with Gasteiger partial charge in [-0.25, -0.2) is 0 Å². The molecule has 20 heavy (non-hydrogen) atoms. The molecule has 1 aromatic rings. The molecule has 0 fully saturated rings. The van der Waals surface area contributed by atoms with Crippen LogP contribution in [0.2, 0.25) is 0 Å². The fourth-order valence-electron chi connectivity index (χ4n) is 1.48. The number of halogens is 1. The van der Waals surface area contributed by atoms with E-state index in [0.717, 1.165) is 30.2 Å². The lowest BCUT2D eigenvalue weighted by Crippen LogP contribution is -2.33. The van der Waals surface area contributed by atoms with Crippen molar-refractivity contribution in [3.8, 4) is 5.75 Å². The summed E-state index contributed by atoms with van der Waals surface area (Å²) >= 11 is 1.51. The van der Waals surface area contributed by atoms with Gasteiger partial charge in [-0.05, 0) is 31.2 Å². The van der Waals surface area contributed by atoms with Crippen LogP contribution in [-0.2, 0) is 4.79 Å². The summed E-state index contributed by atoms with van der Waals surface area (Å²) in [5.74, 6) is 1.31. The summed E-state index contributed by atoms with van der Waals surface area (Å²) in [6.45, 7) is 4.62. The van der Waals surface area contributed by atoms with E-state index in [1.165, 1.54) is 11.8 Å². The molecule has 0 saturated carbocycles. The average Bonchev–Trinajstić information content (AvgIpc) is 2.45. The van der Waals surface area contributed by atoms with Crippen LogP contribution in [0.25, 0.3) is 0 Å². The summed E-state index contributed by atoms with van der Waals surface area (Å²) in [6.07, 6.45) is 1.11. The van der Waals surface area contributed by atoms with E-state index in [1.807, 2.05) is 24.3 Å². The van der Waals surface area contributed by atoms with E-state index in [9.17, 15) is 4.79 Å². The van der Waals surface area contributed by atoms with E-state index >= 15 is 0 Å². The first-order valence-electron chi connectivity index (χ1n) is 6.50. The number of nitrogens with one attached hydrogen (secondary N) is 2. The number of carbonyl (C=O) groups is 1. The molecule has 1 aromatic carbocycles. The highest BCUT2D eigenvalue weighted by molar-refractivity contribution is 8.00. The highest BCUT2D eigenvalue weighted by atomic mass is 35.5. The summed E-state index contributed by atoms with van der Waals surface area (Å²) in [6, 6.07) is 7.72. The molecule has 0 aliphatic carbocycles. The van der Waals surface area contributed by atoms with Crippen LogP contribution < -0.4 is 15.4 Å². The Balaban J connectivity index is 0.00000361. The standard InChI is InChI=1S/C14H22N2O2S.ClH/c1-3-7-15-8-9-16-14(17)11-19-13-6-4-5-12(10-13)18-2;/h4-6,10,15H,3,7-9,11H2,1-2H3,(H,16,17);1H. The van der Waals surface area contributed by atoms with E-state index < -0.39 is 0 Å². The molecule has 1 rings (SSSR count). The highest BCUT2D eigenvalue weighted by Gasteiger charge is 2.03. The van der Waals surface area contributed by atoms with E-state index in [-0.39, 0.29) is 18.3 Å². The van der Waals surface area contributed by atoms with Crippen LogP contribution in [0.15, 0.2) is 29.2 Å². The van der Waals surface area contributed by atoms with Gasteiger partial charge in [-0.15, -0.1) is 24.2 Å². The van der Waals surface area contributed by atoms with Crippen LogP contribution in [0.4, 0.5) is 0 Å². The van der Waals surface area contributed by atoms with Crippen LogP contribution in [0.5, 0.6) is 5.75 Å². The maximum absolute atomic E-state index is 11.6. The first-order valence-corrected chi connectivity index (χ1v) is 7.49. The number of thioether (sulfide) groups is 1. The molecular weight excluding hydrogens is 296 g/mol. The number of benzene rings is 1. The second kappa shape index (κ2) is 11.9. The summed E-state index contributed by atoms with van der Waals surface area (Å²) < 4.78 is 5.14. The molecule has 0 radical (unpaired) electrons. The molecule has 4 nitrogen and oxygen atoms in total. The number of rotatable bonds is 9. The number of hydrogen-bond donors (Lipinski definition) is 2. The summed E-state index contributed by atoms with van der Waals surface area (Å²) in [5.41, 5.74) is 0. The minimum Gasteiger partial charge on any atom is -0.497 e. The Morgan fingerprint density at radius 2 is 2.10 bits per heavy atom. The van der Waals surface area contributed by atoms with Crippen molar-refractivity contribution in [1.82, 2.24) is 10.6 Å². The third-order valence-electron chi connectivity index (χ3n) is 2.46. The van der Waals surface area contributed by atoms with Gasteiger partial charge in [0, 0.05) is 18.0 Å². The van der Waals surface area contributed by atoms with Crippen molar-refractivity contribution in [3.63, 3.8) is 0 Å². The Morgan fingerprint density at radius 3 is 2.80 bits per heavy atom. The molecule has 0 saturated heterocycles. The Hall–Kier alpha value is -0.910. The molecule has 114 valence electrons. The van der Waals surface area contributed by atoms with Crippen molar-refractivity contribution in [2.45, 2.75) is 18.2 Å². The predicted octanol–water partition coefficient (Wildman–Crippen LogP) is 2.32. The molecule has 0 unspecified atom stereocenters. The number of methoxy groups -OCH3 is 1. The minimum atomic E-state index is 0. The van der Waals surface area contributed by atoms with Crippen LogP contribution in [-0.4, -0.2) is 38.4 Å². The predicted molar refractivity (Wildman–Crippen MR) is 87.1 cm³/mol. The van der Waals surface area contributed by atoms with Gasteiger partial charge in [0.2, 0.25) is 5.91 Å². The minimum absolute atomic E-state index is 0. The van der Waals surface area contributed by atoms with Gasteiger partial charge in [-0.3, -0.25) is 4.79 Å². The normalized spacial score (nSPS) is 9.70. The van der Waals surface area contributed by atoms with E-state index in [2.05, 4.69) is 17.6 Å². The molecule has 0 spiro atoms. The molecule has 2 N–H and O–H groups in total. The molecule has 0 aliphatic rings. The van der Waals surface area contributed by atoms with Crippen molar-refractivity contribution >= 4 is 30.1 Å². The van der Waals surface area contributed by atoms with E-state index in [4.69, 9.17) is 4.74 Å². The quantitative estimate of drug-likeness (QED) is 0.542. The van der Waals surface area contributed by atoms with Gasteiger partial charge in [-0.1, -0.05) is 13.0 Å². The van der Waals surface area contributed by atoms with Crippen molar-refractivity contribution < 1.29 is 9.53 Å². The van der Waals surface area contributed by atoms with Gasteiger partial charge in [0.1, 0.15) is 5.75 Å². The third-order valence-corrected chi connectivity index (χ3v) is 3.46. The topological polar surface area (TPSA) is 50.4 Å². The van der Waals surface area contributed by atoms with Gasteiger partial charge in [-0.2, -0.15) is 0 Å². The Labute approximate surface area is 131 Å². The van der Waals surface area contributed by atoms with Gasteiger partial charge in [0.25, 0.3) is 0 Å². The molecule has 0 aliphatic heterocycles. The molecule has 1 amide bonds. The fraction of sp³-hybridized carbons (Fsp3) is 0.500. The number of hydrogen-bond acceptors (Lipinski definition) is 4. The molecular formula is C14H23ClN2O2S. The SMILES string of the molecule is CCCNCCNC(=O)CSc1cccc(OC)c1.Cl. The molecule has 0 atom stereocenters. The van der Waals surface area contributed by atoms with Crippen LogP contribution in [0.1, 0.15) is 13.3 Å². The molecule has 0 heterocycles. The summed E-state index contributed by atoms with van der Waals surface area (Å²) in [7, 11) is 1.64. The van der Waals surface area contributed by atoms with Crippen molar-refractivity contribution in [1.29, 1.82) is 0 Å². The van der Waals surface area contributed by atoms with Gasteiger partial charge < -0.3 is 15.4 Å². The number of amides is 1. The zero-order valence-corrected chi connectivity index (χ0v) is 13.6. The lowest BCUT2D eigenvalue weighted by molar-refractivity contribution is -0.118. The summed E-state index contributed by atoms with van der Waals surface area (Å²) in [4.78, 5) is 12.7. The average molecular weight is 319 g/mol. The Kier molecular flexibility index (Phi) is 11.3. The Bertz CT molecular complexity index is 391. The molecule has 6 heteroatoms. The maximum Gasteiger partial charge on any atom is 0.230 e. The van der Waals surface area contributed by atoms with Crippen LogP contribution >= 0.6 is 24.2 Å². The van der Waals surface area contributed by atoms with E-state index in [0.29, 0.717) is 12.3 Å². The lowest BCUT2D eigenvalue weighted by atomic mass is 10.3. The van der Waals surface area contributed by atoms with Gasteiger partial charge in [0.05, 0.1) is 12.9 Å². The highest BCUT2D eigenvalue weighted by Crippen LogP contribution is 2.22. The molecule has 0 bridgehead atoms. The molecule has 0 aromatic heterocycles. The Morgan fingerprint density at radius 1 is 1.30 bits per heavy atom. The summed E-state index contributed by atoms with van der Waals surface area (Å²) in [5, 5.41) is 6.13. The monoisotopic (exact) mass is 318 g/mol. The van der Waals surface area contributed by atoms with Crippen molar-refractivity contribution in [2.24, 2.45) is 0 Å².